The molecular weight excluding hydrogens is 168 g/mol. The number of hydrogen-bond donors (Lipinski definition) is 0. The van der Waals surface area contributed by atoms with E-state index in [4.69, 9.17) is 4.74 Å². The minimum Gasteiger partial charge on any atom is -0.464 e. The van der Waals surface area contributed by atoms with Crippen molar-refractivity contribution in [2.45, 2.75) is 34.6 Å². The number of carbonyl (C=O) groups is 2. The second kappa shape index (κ2) is 3.90. The molecule has 0 aromatic heterocycles. The van der Waals surface area contributed by atoms with Gasteiger partial charge in [0, 0.05) is 0 Å². The average Bonchev–Trinajstić information content (AvgIpc) is 1.98. The Labute approximate surface area is 79.5 Å². The van der Waals surface area contributed by atoms with E-state index in [1.54, 1.807) is 34.6 Å². The maximum absolute atomic E-state index is 11.3. The van der Waals surface area contributed by atoms with Gasteiger partial charge < -0.3 is 9.53 Å². The Morgan fingerprint density at radius 1 is 1.23 bits per heavy atom. The molecule has 76 valence electrons. The van der Waals surface area contributed by atoms with Crippen molar-refractivity contribution in [3.63, 3.8) is 0 Å². The van der Waals surface area contributed by atoms with Crippen molar-refractivity contribution in [2.75, 3.05) is 6.61 Å². The van der Waals surface area contributed by atoms with E-state index in [0.29, 0.717) is 0 Å². The molecule has 0 aliphatic rings. The minimum absolute atomic E-state index is 0.145. The maximum atomic E-state index is 11.3. The van der Waals surface area contributed by atoms with Crippen molar-refractivity contribution in [3.8, 4) is 0 Å². The zero-order chi connectivity index (χ0) is 10.7. The molecule has 0 aromatic rings. The standard InChI is InChI=1S/C10H18O3/c1-9(2,3)8(12)13-7-10(4,5)6-11/h6H,7H2,1-5H3. The summed E-state index contributed by atoms with van der Waals surface area (Å²) in [6, 6.07) is 0. The summed E-state index contributed by atoms with van der Waals surface area (Å²) in [4.78, 5) is 21.8. The predicted molar refractivity (Wildman–Crippen MR) is 50.3 cm³/mol. The van der Waals surface area contributed by atoms with Gasteiger partial charge in [0.2, 0.25) is 0 Å². The molecule has 0 saturated heterocycles. The van der Waals surface area contributed by atoms with Crippen molar-refractivity contribution in [2.24, 2.45) is 10.8 Å². The Hall–Kier alpha value is -0.860. The molecule has 0 atom stereocenters. The Morgan fingerprint density at radius 2 is 1.69 bits per heavy atom. The summed E-state index contributed by atoms with van der Waals surface area (Å²) in [6.45, 7) is 8.95. The SMILES string of the molecule is CC(C)(C=O)COC(=O)C(C)(C)C. The van der Waals surface area contributed by atoms with E-state index < -0.39 is 10.8 Å². The van der Waals surface area contributed by atoms with Crippen molar-refractivity contribution in [1.82, 2.24) is 0 Å². The molecule has 13 heavy (non-hydrogen) atoms. The minimum atomic E-state index is -0.582. The molecule has 0 amide bonds. The van der Waals surface area contributed by atoms with Crippen LogP contribution in [0.5, 0.6) is 0 Å². The third-order valence-corrected chi connectivity index (χ3v) is 1.51. The number of esters is 1. The van der Waals surface area contributed by atoms with Gasteiger partial charge >= 0.3 is 5.97 Å². The number of ether oxygens (including phenoxy) is 1. The molecule has 0 radical (unpaired) electrons. The summed E-state index contributed by atoms with van der Waals surface area (Å²) in [5, 5.41) is 0. The van der Waals surface area contributed by atoms with E-state index in [2.05, 4.69) is 0 Å². The lowest BCUT2D eigenvalue weighted by molar-refractivity contribution is -0.156. The van der Waals surface area contributed by atoms with Gasteiger partial charge in [-0.1, -0.05) is 0 Å². The molecule has 0 fully saturated rings. The molecule has 0 aliphatic carbocycles. The van der Waals surface area contributed by atoms with E-state index in [1.807, 2.05) is 0 Å². The van der Waals surface area contributed by atoms with Crippen LogP contribution in [-0.4, -0.2) is 18.9 Å². The third kappa shape index (κ3) is 4.65. The Morgan fingerprint density at radius 3 is 2.00 bits per heavy atom. The van der Waals surface area contributed by atoms with Gasteiger partial charge in [-0.15, -0.1) is 0 Å². The van der Waals surface area contributed by atoms with Gasteiger partial charge in [0.15, 0.2) is 0 Å². The van der Waals surface area contributed by atoms with Crippen LogP contribution < -0.4 is 0 Å². The van der Waals surface area contributed by atoms with E-state index >= 15 is 0 Å². The molecule has 0 heterocycles. The van der Waals surface area contributed by atoms with E-state index in [1.165, 1.54) is 0 Å². The number of rotatable bonds is 3. The van der Waals surface area contributed by atoms with Crippen molar-refractivity contribution >= 4 is 12.3 Å². The fraction of sp³-hybridized carbons (Fsp3) is 0.800. The van der Waals surface area contributed by atoms with Crippen LogP contribution in [0.25, 0.3) is 0 Å². The number of aldehydes is 1. The van der Waals surface area contributed by atoms with Gasteiger partial charge in [0.05, 0.1) is 10.8 Å². The van der Waals surface area contributed by atoms with Crippen molar-refractivity contribution in [3.05, 3.63) is 0 Å². The summed E-state index contributed by atoms with van der Waals surface area (Å²) >= 11 is 0. The van der Waals surface area contributed by atoms with Crippen LogP contribution in [0, 0.1) is 10.8 Å². The highest BCUT2D eigenvalue weighted by Gasteiger charge is 2.26. The van der Waals surface area contributed by atoms with Gasteiger partial charge in [0.25, 0.3) is 0 Å². The third-order valence-electron chi connectivity index (χ3n) is 1.51. The first kappa shape index (κ1) is 12.1. The quantitative estimate of drug-likeness (QED) is 0.498. The average molecular weight is 186 g/mol. The van der Waals surface area contributed by atoms with E-state index in [-0.39, 0.29) is 12.6 Å². The fourth-order valence-corrected chi connectivity index (χ4v) is 0.502. The van der Waals surface area contributed by atoms with Crippen LogP contribution in [-0.2, 0) is 14.3 Å². The first-order valence-electron chi connectivity index (χ1n) is 4.32. The first-order chi connectivity index (χ1) is 5.69. The molecule has 0 saturated carbocycles. The Balaban J connectivity index is 4.05. The Kier molecular flexibility index (Phi) is 3.64. The largest absolute Gasteiger partial charge is 0.464 e. The monoisotopic (exact) mass is 186 g/mol. The molecule has 0 unspecified atom stereocenters. The summed E-state index contributed by atoms with van der Waals surface area (Å²) in [7, 11) is 0. The second-order valence-corrected chi connectivity index (χ2v) is 4.93. The molecule has 3 heteroatoms. The van der Waals surface area contributed by atoms with Crippen LogP contribution in [0.3, 0.4) is 0 Å². The lowest BCUT2D eigenvalue weighted by Crippen LogP contribution is -2.29. The summed E-state index contributed by atoms with van der Waals surface area (Å²) in [5.74, 6) is -0.276. The molecule has 0 aliphatic heterocycles. The van der Waals surface area contributed by atoms with Gasteiger partial charge in [-0.3, -0.25) is 4.79 Å². The van der Waals surface area contributed by atoms with Gasteiger partial charge in [0.1, 0.15) is 12.9 Å². The molecule has 3 nitrogen and oxygen atoms in total. The summed E-state index contributed by atoms with van der Waals surface area (Å²) in [6.07, 6.45) is 0.795. The highest BCUT2D eigenvalue weighted by atomic mass is 16.5. The normalized spacial score (nSPS) is 12.4. The molecule has 0 aromatic carbocycles. The van der Waals surface area contributed by atoms with Crippen molar-refractivity contribution < 1.29 is 14.3 Å². The van der Waals surface area contributed by atoms with Crippen molar-refractivity contribution in [1.29, 1.82) is 0 Å². The molecule has 0 N–H and O–H groups in total. The van der Waals surface area contributed by atoms with Gasteiger partial charge in [-0.05, 0) is 34.6 Å². The maximum Gasteiger partial charge on any atom is 0.311 e. The first-order valence-corrected chi connectivity index (χ1v) is 4.32. The smallest absolute Gasteiger partial charge is 0.311 e. The Bertz CT molecular complexity index is 199. The molecule has 0 spiro atoms. The van der Waals surface area contributed by atoms with Gasteiger partial charge in [-0.25, -0.2) is 0 Å². The zero-order valence-electron chi connectivity index (χ0n) is 9.01. The van der Waals surface area contributed by atoms with Crippen LogP contribution in [0.15, 0.2) is 0 Å². The predicted octanol–water partition coefficient (Wildman–Crippen LogP) is 1.80. The zero-order valence-corrected chi connectivity index (χ0v) is 9.01. The molecule has 0 bridgehead atoms. The van der Waals surface area contributed by atoms with Crippen LogP contribution in [0.2, 0.25) is 0 Å². The van der Waals surface area contributed by atoms with Crippen LogP contribution in [0.4, 0.5) is 0 Å². The van der Waals surface area contributed by atoms with E-state index in [0.717, 1.165) is 6.29 Å². The number of carbonyl (C=O) groups excluding carboxylic acids is 2. The van der Waals surface area contributed by atoms with E-state index in [9.17, 15) is 9.59 Å². The molecule has 0 rings (SSSR count). The topological polar surface area (TPSA) is 43.4 Å². The van der Waals surface area contributed by atoms with Crippen LogP contribution >= 0.6 is 0 Å². The summed E-state index contributed by atoms with van der Waals surface area (Å²) in [5.41, 5.74) is -1.08. The van der Waals surface area contributed by atoms with Gasteiger partial charge in [-0.2, -0.15) is 0 Å². The lowest BCUT2D eigenvalue weighted by atomic mass is 9.95. The lowest BCUT2D eigenvalue weighted by Gasteiger charge is -2.21. The highest BCUT2D eigenvalue weighted by Crippen LogP contribution is 2.18. The summed E-state index contributed by atoms with van der Waals surface area (Å²) < 4.78 is 4.99. The highest BCUT2D eigenvalue weighted by molar-refractivity contribution is 5.75. The fourth-order valence-electron chi connectivity index (χ4n) is 0.502. The molecular formula is C10H18O3. The second-order valence-electron chi connectivity index (χ2n) is 4.93. The number of hydrogen-bond acceptors (Lipinski definition) is 3. The van der Waals surface area contributed by atoms with Crippen LogP contribution in [0.1, 0.15) is 34.6 Å².